The van der Waals surface area contributed by atoms with E-state index in [0.717, 1.165) is 21.0 Å². The normalized spacial score (nSPS) is 17.0. The fourth-order valence-electron chi connectivity index (χ4n) is 2.59. The number of aryl methyl sites for hydroxylation is 1. The minimum atomic E-state index is -2.15. The quantitative estimate of drug-likeness (QED) is 0.745. The standard InChI is InChI=1S/C17H18N6O2S/c1-11-21-22-17(26-11)13-6-12-7-15(19-9-14(12)18-8-13)20-16(24)10-23-2-4-25-5-3-23/h6-9H,2-5,10H2,1H3,(H,19,20,24)/i10D2. The van der Waals surface area contributed by atoms with E-state index in [0.29, 0.717) is 31.8 Å². The molecule has 4 rings (SSSR count). The summed E-state index contributed by atoms with van der Waals surface area (Å²) in [5.41, 5.74) is 1.49. The van der Waals surface area contributed by atoms with Gasteiger partial charge < -0.3 is 10.1 Å². The molecular weight excluding hydrogens is 352 g/mol. The number of morpholine rings is 1. The summed E-state index contributed by atoms with van der Waals surface area (Å²) in [5.74, 6) is -0.493. The number of amides is 1. The molecule has 3 aromatic heterocycles. The average Bonchev–Trinajstić information content (AvgIpc) is 3.14. The first kappa shape index (κ1) is 14.7. The zero-order chi connectivity index (χ0) is 19.7. The minimum Gasteiger partial charge on any atom is -0.379 e. The summed E-state index contributed by atoms with van der Waals surface area (Å²) >= 11 is 1.47. The van der Waals surface area contributed by atoms with Crippen LogP contribution in [-0.2, 0) is 9.53 Å². The van der Waals surface area contributed by atoms with Gasteiger partial charge in [0.15, 0.2) is 0 Å². The van der Waals surface area contributed by atoms with Gasteiger partial charge in [0.2, 0.25) is 5.91 Å². The molecule has 9 heteroatoms. The van der Waals surface area contributed by atoms with E-state index in [1.807, 2.05) is 13.0 Å². The maximum Gasteiger partial charge on any atom is 0.239 e. The highest BCUT2D eigenvalue weighted by Crippen LogP contribution is 2.26. The van der Waals surface area contributed by atoms with E-state index in [-0.39, 0.29) is 5.82 Å². The lowest BCUT2D eigenvalue weighted by Gasteiger charge is -2.25. The van der Waals surface area contributed by atoms with Crippen LogP contribution in [0.25, 0.3) is 21.5 Å². The molecule has 1 saturated heterocycles. The summed E-state index contributed by atoms with van der Waals surface area (Å²) in [5, 5.41) is 13.1. The molecule has 0 saturated carbocycles. The number of fused-ring (bicyclic) bond motifs is 1. The SMILES string of the molecule is [2H]C([2H])(C(=O)Nc1cc2cc(-c3nnc(C)s3)cnc2cn1)N1CCOCC1. The number of ether oxygens (including phenoxy) is 1. The Bertz CT molecular complexity index is 1020. The predicted octanol–water partition coefficient (Wildman–Crippen LogP) is 1.73. The molecular formula is C17H18N6O2S. The van der Waals surface area contributed by atoms with Crippen molar-refractivity contribution < 1.29 is 12.3 Å². The lowest BCUT2D eigenvalue weighted by Crippen LogP contribution is -2.41. The van der Waals surface area contributed by atoms with E-state index in [1.54, 1.807) is 18.5 Å². The molecule has 1 aliphatic heterocycles. The third-order valence-electron chi connectivity index (χ3n) is 3.85. The molecule has 3 aromatic rings. The summed E-state index contributed by atoms with van der Waals surface area (Å²) in [6, 6.07) is 3.57. The van der Waals surface area contributed by atoms with Crippen molar-refractivity contribution in [3.63, 3.8) is 0 Å². The first-order chi connectivity index (χ1) is 13.4. The molecule has 8 nitrogen and oxygen atoms in total. The van der Waals surface area contributed by atoms with Gasteiger partial charge in [0.25, 0.3) is 0 Å². The molecule has 26 heavy (non-hydrogen) atoms. The van der Waals surface area contributed by atoms with E-state index in [9.17, 15) is 4.79 Å². The first-order valence-electron chi connectivity index (χ1n) is 9.14. The molecule has 0 spiro atoms. The van der Waals surface area contributed by atoms with Gasteiger partial charge in [-0.25, -0.2) is 4.98 Å². The molecule has 0 unspecified atom stereocenters. The number of carbonyl (C=O) groups is 1. The lowest BCUT2D eigenvalue weighted by atomic mass is 10.2. The van der Waals surface area contributed by atoms with Crippen LogP contribution in [0.15, 0.2) is 24.5 Å². The van der Waals surface area contributed by atoms with Crippen molar-refractivity contribution in [3.05, 3.63) is 29.5 Å². The molecule has 1 fully saturated rings. The number of hydrogen-bond acceptors (Lipinski definition) is 8. The molecule has 0 atom stereocenters. The lowest BCUT2D eigenvalue weighted by molar-refractivity contribution is -0.118. The first-order valence-corrected chi connectivity index (χ1v) is 8.96. The average molecular weight is 372 g/mol. The summed E-state index contributed by atoms with van der Waals surface area (Å²) in [7, 11) is 0. The number of nitrogens with zero attached hydrogens (tertiary/aromatic N) is 5. The molecule has 0 radical (unpaired) electrons. The Morgan fingerprint density at radius 3 is 2.92 bits per heavy atom. The molecule has 1 N–H and O–H groups in total. The van der Waals surface area contributed by atoms with Crippen LogP contribution in [0, 0.1) is 6.92 Å². The molecule has 134 valence electrons. The summed E-state index contributed by atoms with van der Waals surface area (Å²) < 4.78 is 21.5. The van der Waals surface area contributed by atoms with E-state index in [2.05, 4.69) is 25.5 Å². The monoisotopic (exact) mass is 372 g/mol. The third-order valence-corrected chi connectivity index (χ3v) is 4.74. The van der Waals surface area contributed by atoms with Gasteiger partial charge in [-0.1, -0.05) is 11.3 Å². The zero-order valence-electron chi connectivity index (χ0n) is 16.1. The smallest absolute Gasteiger partial charge is 0.239 e. The van der Waals surface area contributed by atoms with Gasteiger partial charge in [0.1, 0.15) is 15.8 Å². The van der Waals surface area contributed by atoms with Crippen LogP contribution in [0.5, 0.6) is 0 Å². The summed E-state index contributed by atoms with van der Waals surface area (Å²) in [6.07, 6.45) is 3.25. The van der Waals surface area contributed by atoms with E-state index in [1.165, 1.54) is 16.2 Å². The Kier molecular flexibility index (Phi) is 4.17. The molecule has 0 aromatic carbocycles. The van der Waals surface area contributed by atoms with Gasteiger partial charge in [-0.2, -0.15) is 0 Å². The van der Waals surface area contributed by atoms with Gasteiger partial charge in [-0.05, 0) is 19.1 Å². The van der Waals surface area contributed by atoms with Crippen molar-refractivity contribution in [2.24, 2.45) is 0 Å². The van der Waals surface area contributed by atoms with Crippen LogP contribution in [0.4, 0.5) is 5.82 Å². The Labute approximate surface area is 157 Å². The second kappa shape index (κ2) is 7.40. The van der Waals surface area contributed by atoms with Crippen LogP contribution in [0.3, 0.4) is 0 Å². The van der Waals surface area contributed by atoms with Crippen molar-refractivity contribution in [1.82, 2.24) is 25.1 Å². The number of aromatic nitrogens is 4. The Morgan fingerprint density at radius 1 is 1.31 bits per heavy atom. The predicted molar refractivity (Wildman–Crippen MR) is 99.1 cm³/mol. The van der Waals surface area contributed by atoms with Gasteiger partial charge in [0, 0.05) is 30.2 Å². The number of rotatable bonds is 4. The van der Waals surface area contributed by atoms with Crippen molar-refractivity contribution in [2.75, 3.05) is 38.1 Å². The van der Waals surface area contributed by atoms with Crippen molar-refractivity contribution in [1.29, 1.82) is 0 Å². The maximum atomic E-state index is 12.5. The highest BCUT2D eigenvalue weighted by molar-refractivity contribution is 7.14. The molecule has 0 aliphatic carbocycles. The van der Waals surface area contributed by atoms with Crippen LogP contribution in [0.2, 0.25) is 0 Å². The number of nitrogens with one attached hydrogen (secondary N) is 1. The van der Waals surface area contributed by atoms with Gasteiger partial charge >= 0.3 is 0 Å². The second-order valence-corrected chi connectivity index (χ2v) is 6.96. The summed E-state index contributed by atoms with van der Waals surface area (Å²) in [6.45, 7) is 1.27. The van der Waals surface area contributed by atoms with Crippen molar-refractivity contribution >= 4 is 34.0 Å². The number of anilines is 1. The van der Waals surface area contributed by atoms with Gasteiger partial charge in [0.05, 0.1) is 34.2 Å². The van der Waals surface area contributed by atoms with E-state index in [4.69, 9.17) is 7.48 Å². The fourth-order valence-corrected chi connectivity index (χ4v) is 3.27. The van der Waals surface area contributed by atoms with Crippen LogP contribution in [-0.4, -0.2) is 63.8 Å². The van der Waals surface area contributed by atoms with Crippen LogP contribution >= 0.6 is 11.3 Å². The molecule has 1 amide bonds. The van der Waals surface area contributed by atoms with E-state index >= 15 is 0 Å². The van der Waals surface area contributed by atoms with E-state index < -0.39 is 12.4 Å². The minimum absolute atomic E-state index is 0.266. The zero-order valence-corrected chi connectivity index (χ0v) is 14.9. The molecule has 1 aliphatic rings. The van der Waals surface area contributed by atoms with Gasteiger partial charge in [-0.3, -0.25) is 14.7 Å². The fraction of sp³-hybridized carbons (Fsp3) is 0.353. The van der Waals surface area contributed by atoms with Crippen molar-refractivity contribution in [2.45, 2.75) is 6.92 Å². The Hall–Kier alpha value is -2.49. The van der Waals surface area contributed by atoms with Crippen molar-refractivity contribution in [3.8, 4) is 10.6 Å². The Balaban J connectivity index is 1.57. The molecule has 0 bridgehead atoms. The Morgan fingerprint density at radius 2 is 2.15 bits per heavy atom. The largest absolute Gasteiger partial charge is 0.379 e. The molecule has 4 heterocycles. The van der Waals surface area contributed by atoms with Crippen LogP contribution < -0.4 is 5.32 Å². The highest BCUT2D eigenvalue weighted by atomic mass is 32.1. The second-order valence-electron chi connectivity index (χ2n) is 5.78. The topological polar surface area (TPSA) is 93.1 Å². The van der Waals surface area contributed by atoms with Gasteiger partial charge in [-0.15, -0.1) is 10.2 Å². The van der Waals surface area contributed by atoms with Crippen LogP contribution in [0.1, 0.15) is 7.75 Å². The third kappa shape index (κ3) is 3.85. The number of hydrogen-bond donors (Lipinski definition) is 1. The summed E-state index contributed by atoms with van der Waals surface area (Å²) in [4.78, 5) is 22.5. The number of pyridine rings is 2. The number of carbonyl (C=O) groups excluding carboxylic acids is 1. The highest BCUT2D eigenvalue weighted by Gasteiger charge is 2.15. The maximum absolute atomic E-state index is 12.5.